The first-order chi connectivity index (χ1) is 15.9. The molecule has 4 heterocycles. The molecule has 5 rings (SSSR count). The van der Waals surface area contributed by atoms with Gasteiger partial charge in [-0.1, -0.05) is 0 Å². The van der Waals surface area contributed by atoms with E-state index in [1.54, 1.807) is 13.0 Å². The Morgan fingerprint density at radius 2 is 1.97 bits per heavy atom. The van der Waals surface area contributed by atoms with Gasteiger partial charge < -0.3 is 25.4 Å². The van der Waals surface area contributed by atoms with E-state index in [0.29, 0.717) is 29.4 Å². The van der Waals surface area contributed by atoms with E-state index in [1.165, 1.54) is 0 Å². The second kappa shape index (κ2) is 8.62. The number of piperazine rings is 1. The van der Waals surface area contributed by atoms with Crippen molar-refractivity contribution in [2.75, 3.05) is 35.2 Å². The molecule has 1 atom stereocenters. The molecule has 3 N–H and O–H groups in total. The highest BCUT2D eigenvalue weighted by molar-refractivity contribution is 5.73. The SMILES string of the molecule is Cc1nc(Nc2ncc(N3CCN[C@H](C)C3)c(Nc3cc(C)n(C)c3)n2)cc(C2CC2)c1F. The molecule has 1 aliphatic heterocycles. The summed E-state index contributed by atoms with van der Waals surface area (Å²) in [6, 6.07) is 4.27. The number of hydrogen-bond acceptors (Lipinski definition) is 7. The van der Waals surface area contributed by atoms with Crippen molar-refractivity contribution >= 4 is 29.0 Å². The molecule has 0 spiro atoms. The van der Waals surface area contributed by atoms with Crippen LogP contribution in [0.5, 0.6) is 0 Å². The lowest BCUT2D eigenvalue weighted by Crippen LogP contribution is -2.49. The van der Waals surface area contributed by atoms with Crippen LogP contribution >= 0.6 is 0 Å². The summed E-state index contributed by atoms with van der Waals surface area (Å²) >= 11 is 0. The minimum absolute atomic E-state index is 0.200. The Labute approximate surface area is 193 Å². The minimum Gasteiger partial charge on any atom is -0.364 e. The molecule has 1 aliphatic carbocycles. The molecule has 0 unspecified atom stereocenters. The molecular weight excluding hydrogens is 419 g/mol. The number of halogens is 1. The van der Waals surface area contributed by atoms with Crippen LogP contribution in [0.1, 0.15) is 42.6 Å². The molecule has 1 saturated heterocycles. The van der Waals surface area contributed by atoms with Crippen LogP contribution in [-0.2, 0) is 7.05 Å². The molecule has 33 heavy (non-hydrogen) atoms. The number of nitrogens with zero attached hydrogens (tertiary/aromatic N) is 5. The predicted octanol–water partition coefficient (Wildman–Crippen LogP) is 4.13. The van der Waals surface area contributed by atoms with Crippen molar-refractivity contribution in [3.8, 4) is 0 Å². The number of rotatable bonds is 6. The van der Waals surface area contributed by atoms with Gasteiger partial charge in [0, 0.05) is 44.6 Å². The number of aryl methyl sites for hydroxylation is 3. The Hall–Kier alpha value is -3.20. The first-order valence-corrected chi connectivity index (χ1v) is 11.6. The van der Waals surface area contributed by atoms with Crippen LogP contribution in [0, 0.1) is 19.7 Å². The van der Waals surface area contributed by atoms with Gasteiger partial charge in [0.2, 0.25) is 5.95 Å². The highest BCUT2D eigenvalue weighted by Gasteiger charge is 2.28. The second-order valence-corrected chi connectivity index (χ2v) is 9.23. The quantitative estimate of drug-likeness (QED) is 0.521. The smallest absolute Gasteiger partial charge is 0.230 e. The van der Waals surface area contributed by atoms with Crippen molar-refractivity contribution in [3.63, 3.8) is 0 Å². The lowest BCUT2D eigenvalue weighted by molar-refractivity contribution is 0.484. The van der Waals surface area contributed by atoms with E-state index in [9.17, 15) is 4.39 Å². The van der Waals surface area contributed by atoms with E-state index in [1.807, 2.05) is 19.4 Å². The molecule has 2 aliphatic rings. The molecule has 2 fully saturated rings. The lowest BCUT2D eigenvalue weighted by Gasteiger charge is -2.34. The zero-order valence-corrected chi connectivity index (χ0v) is 19.6. The largest absolute Gasteiger partial charge is 0.364 e. The summed E-state index contributed by atoms with van der Waals surface area (Å²) in [5.74, 6) is 1.82. The van der Waals surface area contributed by atoms with Crippen molar-refractivity contribution in [1.82, 2.24) is 24.8 Å². The summed E-state index contributed by atoms with van der Waals surface area (Å²) in [6.07, 6.45) is 5.95. The van der Waals surface area contributed by atoms with Gasteiger partial charge in [0.05, 0.1) is 23.3 Å². The zero-order valence-electron chi connectivity index (χ0n) is 19.6. The number of aromatic nitrogens is 4. The van der Waals surface area contributed by atoms with E-state index >= 15 is 0 Å². The molecule has 1 saturated carbocycles. The molecule has 0 bridgehead atoms. The van der Waals surface area contributed by atoms with Gasteiger partial charge in [0.25, 0.3) is 0 Å². The van der Waals surface area contributed by atoms with Crippen molar-refractivity contribution in [2.45, 2.75) is 45.6 Å². The highest BCUT2D eigenvalue weighted by atomic mass is 19.1. The van der Waals surface area contributed by atoms with Gasteiger partial charge in [-0.05, 0) is 57.2 Å². The molecule has 3 aromatic rings. The van der Waals surface area contributed by atoms with Gasteiger partial charge in [-0.3, -0.25) is 0 Å². The molecule has 0 radical (unpaired) electrons. The van der Waals surface area contributed by atoms with Crippen molar-refractivity contribution in [3.05, 3.63) is 47.3 Å². The normalized spacial score (nSPS) is 18.5. The first kappa shape index (κ1) is 21.6. The third-order valence-electron chi connectivity index (χ3n) is 6.40. The average Bonchev–Trinajstić information content (AvgIpc) is 3.56. The Morgan fingerprint density at radius 1 is 1.15 bits per heavy atom. The standard InChI is InChI=1S/C24H31FN8/c1-14-12-33(8-7-26-14)20-11-27-24(31-23(20)29-18-9-15(2)32(4)13-18)30-21-10-19(17-5-6-17)22(25)16(3)28-21/h9-11,13-14,17,26H,5-8,12H2,1-4H3,(H2,27,28,29,30,31)/t14-/m1/s1. The van der Waals surface area contributed by atoms with E-state index in [-0.39, 0.29) is 5.82 Å². The van der Waals surface area contributed by atoms with Gasteiger partial charge in [-0.25, -0.2) is 14.4 Å². The van der Waals surface area contributed by atoms with Gasteiger partial charge in [0.15, 0.2) is 5.82 Å². The molecule has 174 valence electrons. The number of hydrogen-bond donors (Lipinski definition) is 3. The maximum absolute atomic E-state index is 14.5. The van der Waals surface area contributed by atoms with E-state index in [0.717, 1.165) is 60.9 Å². The fourth-order valence-electron chi connectivity index (χ4n) is 4.34. The Balaban J connectivity index is 1.47. The number of pyridine rings is 1. The summed E-state index contributed by atoms with van der Waals surface area (Å²) in [4.78, 5) is 16.1. The van der Waals surface area contributed by atoms with Crippen LogP contribution in [0.15, 0.2) is 24.5 Å². The molecule has 9 heteroatoms. The minimum atomic E-state index is -0.200. The summed E-state index contributed by atoms with van der Waals surface area (Å²) < 4.78 is 16.6. The van der Waals surface area contributed by atoms with Crippen LogP contribution in [0.2, 0.25) is 0 Å². The van der Waals surface area contributed by atoms with Crippen molar-refractivity contribution in [2.24, 2.45) is 7.05 Å². The number of anilines is 5. The summed E-state index contributed by atoms with van der Waals surface area (Å²) in [5, 5.41) is 10.2. The van der Waals surface area contributed by atoms with Crippen LogP contribution in [-0.4, -0.2) is 45.2 Å². The first-order valence-electron chi connectivity index (χ1n) is 11.6. The van der Waals surface area contributed by atoms with Crippen LogP contribution in [0.3, 0.4) is 0 Å². The van der Waals surface area contributed by atoms with Gasteiger partial charge in [-0.15, -0.1) is 0 Å². The van der Waals surface area contributed by atoms with Crippen molar-refractivity contribution < 1.29 is 4.39 Å². The third kappa shape index (κ3) is 4.64. The molecule has 0 amide bonds. The molecule has 8 nitrogen and oxygen atoms in total. The van der Waals surface area contributed by atoms with Crippen LogP contribution < -0.4 is 20.9 Å². The highest BCUT2D eigenvalue weighted by Crippen LogP contribution is 2.42. The van der Waals surface area contributed by atoms with E-state index in [2.05, 4.69) is 55.3 Å². The van der Waals surface area contributed by atoms with E-state index < -0.39 is 0 Å². The van der Waals surface area contributed by atoms with Crippen LogP contribution in [0.4, 0.5) is 33.3 Å². The second-order valence-electron chi connectivity index (χ2n) is 9.23. The fourth-order valence-corrected chi connectivity index (χ4v) is 4.34. The summed E-state index contributed by atoms with van der Waals surface area (Å²) in [7, 11) is 2.02. The monoisotopic (exact) mass is 450 g/mol. The number of nitrogens with one attached hydrogen (secondary N) is 3. The predicted molar refractivity (Wildman–Crippen MR) is 129 cm³/mol. The third-order valence-corrected chi connectivity index (χ3v) is 6.40. The van der Waals surface area contributed by atoms with Gasteiger partial charge in [-0.2, -0.15) is 4.98 Å². The Kier molecular flexibility index (Phi) is 5.65. The topological polar surface area (TPSA) is 82.9 Å². The van der Waals surface area contributed by atoms with Crippen molar-refractivity contribution in [1.29, 1.82) is 0 Å². The Bertz CT molecular complexity index is 1150. The fraction of sp³-hybridized carbons (Fsp3) is 0.458. The lowest BCUT2D eigenvalue weighted by atomic mass is 10.1. The van der Waals surface area contributed by atoms with Gasteiger partial charge >= 0.3 is 0 Å². The Morgan fingerprint density at radius 3 is 2.67 bits per heavy atom. The van der Waals surface area contributed by atoms with Gasteiger partial charge in [0.1, 0.15) is 11.6 Å². The maximum atomic E-state index is 14.5. The summed E-state index contributed by atoms with van der Waals surface area (Å²) in [5.41, 5.74) is 4.20. The average molecular weight is 451 g/mol. The van der Waals surface area contributed by atoms with E-state index in [4.69, 9.17) is 4.98 Å². The molecule has 3 aromatic heterocycles. The summed E-state index contributed by atoms with van der Waals surface area (Å²) in [6.45, 7) is 8.61. The maximum Gasteiger partial charge on any atom is 0.230 e. The molecule has 0 aromatic carbocycles. The molecular formula is C24H31FN8. The zero-order chi connectivity index (χ0) is 23.1. The van der Waals surface area contributed by atoms with Crippen LogP contribution in [0.25, 0.3) is 0 Å².